The smallest absolute Gasteiger partial charge is 0.374 e. The lowest BCUT2D eigenvalue weighted by molar-refractivity contribution is -0.149. The van der Waals surface area contributed by atoms with Crippen LogP contribution in [0, 0.1) is 5.41 Å². The van der Waals surface area contributed by atoms with Gasteiger partial charge in [0, 0.05) is 6.54 Å². The topological polar surface area (TPSA) is 88.8 Å². The van der Waals surface area contributed by atoms with Crippen LogP contribution in [0.4, 0.5) is 0 Å². The second kappa shape index (κ2) is 7.83. The minimum atomic E-state index is -0.799. The van der Waals surface area contributed by atoms with Crippen LogP contribution in [0.5, 0.6) is 0 Å². The van der Waals surface area contributed by atoms with Gasteiger partial charge in [0.2, 0.25) is 5.76 Å². The van der Waals surface area contributed by atoms with E-state index in [2.05, 4.69) is 5.32 Å². The highest BCUT2D eigenvalue weighted by Gasteiger charge is 2.34. The van der Waals surface area contributed by atoms with Crippen LogP contribution in [0.3, 0.4) is 0 Å². The zero-order valence-electron chi connectivity index (χ0n) is 12.8. The Morgan fingerprint density at radius 2 is 1.95 bits per heavy atom. The number of carbonyl (C=O) groups excluding carboxylic acids is 1. The zero-order chi connectivity index (χ0) is 15.9. The molecule has 6 heteroatoms. The summed E-state index contributed by atoms with van der Waals surface area (Å²) in [5, 5.41) is 12.4. The lowest BCUT2D eigenvalue weighted by Crippen LogP contribution is -2.39. The Bertz CT molecular complexity index is 476. The van der Waals surface area contributed by atoms with Crippen molar-refractivity contribution in [3.63, 3.8) is 0 Å². The van der Waals surface area contributed by atoms with Crippen LogP contribution in [0.25, 0.3) is 0 Å². The van der Waals surface area contributed by atoms with Gasteiger partial charge in [0.25, 0.3) is 0 Å². The van der Waals surface area contributed by atoms with Crippen LogP contribution >= 0.6 is 0 Å². The number of carboxylic acids is 1. The molecule has 6 nitrogen and oxygen atoms in total. The van der Waals surface area contributed by atoms with Crippen LogP contribution in [0.1, 0.15) is 49.9 Å². The van der Waals surface area contributed by atoms with Crippen molar-refractivity contribution in [2.24, 2.45) is 5.41 Å². The second-order valence-electron chi connectivity index (χ2n) is 4.88. The van der Waals surface area contributed by atoms with E-state index in [0.29, 0.717) is 38.3 Å². The Morgan fingerprint density at radius 3 is 2.48 bits per heavy atom. The van der Waals surface area contributed by atoms with Gasteiger partial charge in [-0.1, -0.05) is 13.8 Å². The van der Waals surface area contributed by atoms with Gasteiger partial charge in [-0.25, -0.2) is 4.79 Å². The van der Waals surface area contributed by atoms with Crippen molar-refractivity contribution in [2.75, 3.05) is 13.2 Å². The van der Waals surface area contributed by atoms with E-state index in [9.17, 15) is 14.7 Å². The van der Waals surface area contributed by atoms with Crippen LogP contribution in [-0.4, -0.2) is 30.2 Å². The van der Waals surface area contributed by atoms with Crippen LogP contribution in [-0.2, 0) is 16.1 Å². The van der Waals surface area contributed by atoms with E-state index < -0.39 is 17.4 Å². The summed E-state index contributed by atoms with van der Waals surface area (Å²) in [5.74, 6) is -0.564. The summed E-state index contributed by atoms with van der Waals surface area (Å²) in [6, 6.07) is 3.23. The summed E-state index contributed by atoms with van der Waals surface area (Å²) in [5.41, 5.74) is -0.767. The molecule has 1 rings (SSSR count). The van der Waals surface area contributed by atoms with Gasteiger partial charge in [-0.15, -0.1) is 0 Å². The molecule has 2 N–H and O–H groups in total. The first-order valence-electron chi connectivity index (χ1n) is 7.19. The predicted octanol–water partition coefficient (Wildman–Crippen LogP) is 2.44. The van der Waals surface area contributed by atoms with Crippen molar-refractivity contribution < 1.29 is 23.8 Å². The molecule has 1 aromatic rings. The Kier molecular flexibility index (Phi) is 6.42. The van der Waals surface area contributed by atoms with Crippen molar-refractivity contribution in [3.8, 4) is 0 Å². The fraction of sp³-hybridized carbons (Fsp3) is 0.600. The molecule has 0 aromatic carbocycles. The maximum atomic E-state index is 11.5. The molecule has 0 aliphatic heterocycles. The SMILES string of the molecule is CCOC(=O)c1ccc(CNCC(CC)(CC)C(=O)O)o1. The molecule has 21 heavy (non-hydrogen) atoms. The standard InChI is InChI=1S/C15H23NO5/c1-4-15(5-2,14(18)19)10-16-9-11-7-8-12(21-11)13(17)20-6-3/h7-8,16H,4-6,9-10H2,1-3H3,(H,18,19). The predicted molar refractivity (Wildman–Crippen MR) is 77.0 cm³/mol. The van der Waals surface area contributed by atoms with E-state index in [0.717, 1.165) is 0 Å². The molecule has 0 fully saturated rings. The van der Waals surface area contributed by atoms with Crippen molar-refractivity contribution >= 4 is 11.9 Å². The second-order valence-corrected chi connectivity index (χ2v) is 4.88. The molecule has 0 amide bonds. The first-order valence-corrected chi connectivity index (χ1v) is 7.19. The molecule has 0 radical (unpaired) electrons. The average Bonchev–Trinajstić information content (AvgIpc) is 2.93. The Labute approximate surface area is 124 Å². The molecular formula is C15H23NO5. The quantitative estimate of drug-likeness (QED) is 0.681. The Hall–Kier alpha value is -1.82. The number of hydrogen-bond acceptors (Lipinski definition) is 5. The van der Waals surface area contributed by atoms with E-state index in [1.54, 1.807) is 19.1 Å². The number of hydrogen-bond donors (Lipinski definition) is 2. The van der Waals surface area contributed by atoms with E-state index in [4.69, 9.17) is 9.15 Å². The lowest BCUT2D eigenvalue weighted by atomic mass is 9.82. The van der Waals surface area contributed by atoms with Crippen molar-refractivity contribution in [2.45, 2.75) is 40.2 Å². The van der Waals surface area contributed by atoms with Crippen molar-refractivity contribution in [1.82, 2.24) is 5.32 Å². The van der Waals surface area contributed by atoms with Gasteiger partial charge in [-0.3, -0.25) is 4.79 Å². The summed E-state index contributed by atoms with van der Waals surface area (Å²) in [6.45, 7) is 6.47. The minimum absolute atomic E-state index is 0.157. The summed E-state index contributed by atoms with van der Waals surface area (Å²) >= 11 is 0. The average molecular weight is 297 g/mol. The first-order chi connectivity index (χ1) is 9.99. The lowest BCUT2D eigenvalue weighted by Gasteiger charge is -2.26. The number of ether oxygens (including phenoxy) is 1. The summed E-state index contributed by atoms with van der Waals surface area (Å²) in [7, 11) is 0. The highest BCUT2D eigenvalue weighted by molar-refractivity contribution is 5.86. The van der Waals surface area contributed by atoms with Gasteiger partial charge in [-0.05, 0) is 31.9 Å². The van der Waals surface area contributed by atoms with Crippen LogP contribution in [0.15, 0.2) is 16.5 Å². The summed E-state index contributed by atoms with van der Waals surface area (Å²) in [4.78, 5) is 22.8. The Balaban J connectivity index is 2.56. The molecule has 1 heterocycles. The highest BCUT2D eigenvalue weighted by Crippen LogP contribution is 2.25. The molecular weight excluding hydrogens is 274 g/mol. The van der Waals surface area contributed by atoms with Gasteiger partial charge in [0.05, 0.1) is 18.6 Å². The fourth-order valence-electron chi connectivity index (χ4n) is 2.09. The van der Waals surface area contributed by atoms with Gasteiger partial charge in [-0.2, -0.15) is 0 Å². The zero-order valence-corrected chi connectivity index (χ0v) is 12.8. The number of carbonyl (C=O) groups is 2. The van der Waals surface area contributed by atoms with Crippen LogP contribution in [0.2, 0.25) is 0 Å². The van der Waals surface area contributed by atoms with Gasteiger partial charge in [0.15, 0.2) is 0 Å². The number of carboxylic acid groups (broad SMARTS) is 1. The van der Waals surface area contributed by atoms with E-state index in [1.807, 2.05) is 13.8 Å². The number of rotatable bonds is 9. The molecule has 0 saturated carbocycles. The number of furan rings is 1. The number of esters is 1. The molecule has 0 unspecified atom stereocenters. The molecule has 1 aromatic heterocycles. The molecule has 0 atom stereocenters. The molecule has 0 spiro atoms. The molecule has 0 saturated heterocycles. The van der Waals surface area contributed by atoms with Crippen molar-refractivity contribution in [3.05, 3.63) is 23.7 Å². The molecule has 118 valence electrons. The van der Waals surface area contributed by atoms with Gasteiger partial charge < -0.3 is 19.6 Å². The minimum Gasteiger partial charge on any atom is -0.481 e. The van der Waals surface area contributed by atoms with E-state index in [-0.39, 0.29) is 5.76 Å². The third-order valence-electron chi connectivity index (χ3n) is 3.71. The third-order valence-corrected chi connectivity index (χ3v) is 3.71. The maximum Gasteiger partial charge on any atom is 0.374 e. The highest BCUT2D eigenvalue weighted by atomic mass is 16.5. The monoisotopic (exact) mass is 297 g/mol. The van der Waals surface area contributed by atoms with Crippen molar-refractivity contribution in [1.29, 1.82) is 0 Å². The van der Waals surface area contributed by atoms with E-state index >= 15 is 0 Å². The third kappa shape index (κ3) is 4.32. The van der Waals surface area contributed by atoms with Gasteiger partial charge in [0.1, 0.15) is 5.76 Å². The first kappa shape index (κ1) is 17.2. The number of nitrogens with one attached hydrogen (secondary N) is 1. The largest absolute Gasteiger partial charge is 0.481 e. The molecule has 0 aliphatic rings. The maximum absolute atomic E-state index is 11.5. The number of aliphatic carboxylic acids is 1. The van der Waals surface area contributed by atoms with Crippen LogP contribution < -0.4 is 5.32 Å². The summed E-state index contributed by atoms with van der Waals surface area (Å²) in [6.07, 6.45) is 1.11. The molecule has 0 aliphatic carbocycles. The Morgan fingerprint density at radius 1 is 1.29 bits per heavy atom. The van der Waals surface area contributed by atoms with Gasteiger partial charge >= 0.3 is 11.9 Å². The molecule has 0 bridgehead atoms. The normalized spacial score (nSPS) is 11.4. The van der Waals surface area contributed by atoms with E-state index in [1.165, 1.54) is 0 Å². The fourth-order valence-corrected chi connectivity index (χ4v) is 2.09. The summed E-state index contributed by atoms with van der Waals surface area (Å²) < 4.78 is 10.2.